The Morgan fingerprint density at radius 2 is 1.71 bits per heavy atom. The Hall–Kier alpha value is -1.83. The maximum atomic E-state index is 12.9. The predicted molar refractivity (Wildman–Crippen MR) is 105 cm³/mol. The van der Waals surface area contributed by atoms with Gasteiger partial charge in [0.1, 0.15) is 6.10 Å². The van der Waals surface area contributed by atoms with E-state index in [0.29, 0.717) is 0 Å². The molecule has 3 nitrogen and oxygen atoms in total. The van der Waals surface area contributed by atoms with Crippen LogP contribution in [0.4, 0.5) is 13.2 Å². The highest BCUT2D eigenvalue weighted by molar-refractivity contribution is 6.55. The zero-order valence-corrected chi connectivity index (χ0v) is 16.8. The second-order valence-electron chi connectivity index (χ2n) is 7.81. The molecule has 1 atom stereocenters. The largest absolute Gasteiger partial charge is 0.494 e. The lowest BCUT2D eigenvalue weighted by atomic mass is 9.77. The first-order valence-corrected chi connectivity index (χ1v) is 9.02. The highest BCUT2D eigenvalue weighted by Gasteiger charge is 2.51. The molecule has 1 saturated heterocycles. The van der Waals surface area contributed by atoms with E-state index < -0.39 is 36.2 Å². The molecule has 0 amide bonds. The Labute approximate surface area is 164 Å². The summed E-state index contributed by atoms with van der Waals surface area (Å²) in [6.07, 6.45) is -0.647. The van der Waals surface area contributed by atoms with Gasteiger partial charge >= 0.3 is 13.3 Å². The fourth-order valence-corrected chi connectivity index (χ4v) is 2.68. The first-order chi connectivity index (χ1) is 12.8. The molecule has 1 aliphatic rings. The number of halogens is 3. The summed E-state index contributed by atoms with van der Waals surface area (Å²) in [7, 11) is -0.579. The summed E-state index contributed by atoms with van der Waals surface area (Å²) < 4.78 is 50.6. The van der Waals surface area contributed by atoms with Crippen LogP contribution < -0.4 is 0 Å². The molecule has 1 aliphatic heterocycles. The third-order valence-electron chi connectivity index (χ3n) is 5.23. The third kappa shape index (κ3) is 4.77. The maximum Gasteiger partial charge on any atom is 0.494 e. The number of aliphatic hydroxyl groups is 1. The molecule has 0 saturated carbocycles. The van der Waals surface area contributed by atoms with E-state index >= 15 is 0 Å². The van der Waals surface area contributed by atoms with Gasteiger partial charge in [0.25, 0.3) is 0 Å². The van der Waals surface area contributed by atoms with Crippen molar-refractivity contribution in [2.24, 2.45) is 0 Å². The van der Waals surface area contributed by atoms with Gasteiger partial charge < -0.3 is 14.4 Å². The zero-order chi connectivity index (χ0) is 21.3. The second-order valence-corrected chi connectivity index (χ2v) is 7.81. The fraction of sp³-hybridized carbons (Fsp3) is 0.429. The van der Waals surface area contributed by atoms with E-state index in [-0.39, 0.29) is 11.1 Å². The standard InChI is InChI=1S/C21H26BF3O3/c1-7-17(22-27-19(3,4)20(5,6)28-22)12-11-14(2)18(26)15-9-8-10-16(13-15)21(23,24)25/h7-13,18,26H,2H2,1,3-6H3/b12-11-,17-7+. The van der Waals surface area contributed by atoms with Crippen molar-refractivity contribution < 1.29 is 27.6 Å². The lowest BCUT2D eigenvalue weighted by Gasteiger charge is -2.32. The molecule has 0 aromatic heterocycles. The second kappa shape index (κ2) is 7.89. The van der Waals surface area contributed by atoms with Gasteiger partial charge in [-0.2, -0.15) is 13.2 Å². The third-order valence-corrected chi connectivity index (χ3v) is 5.23. The van der Waals surface area contributed by atoms with E-state index in [9.17, 15) is 18.3 Å². The van der Waals surface area contributed by atoms with Crippen molar-refractivity contribution in [3.05, 3.63) is 71.2 Å². The minimum absolute atomic E-state index is 0.127. The van der Waals surface area contributed by atoms with Crippen LogP contribution in [0.2, 0.25) is 0 Å². The summed E-state index contributed by atoms with van der Waals surface area (Å²) in [5.41, 5.74) is -0.677. The summed E-state index contributed by atoms with van der Waals surface area (Å²) >= 11 is 0. The molecule has 1 fully saturated rings. The molecular formula is C21H26BF3O3. The molecule has 0 bridgehead atoms. The smallest absolute Gasteiger partial charge is 0.399 e. The van der Waals surface area contributed by atoms with E-state index in [1.165, 1.54) is 12.1 Å². The molecule has 152 valence electrons. The lowest BCUT2D eigenvalue weighted by molar-refractivity contribution is -0.137. The number of alkyl halides is 3. The van der Waals surface area contributed by atoms with Gasteiger partial charge in [-0.25, -0.2) is 0 Å². The van der Waals surface area contributed by atoms with Crippen molar-refractivity contribution in [3.63, 3.8) is 0 Å². The van der Waals surface area contributed by atoms with E-state index in [1.807, 2.05) is 40.7 Å². The van der Waals surface area contributed by atoms with E-state index in [4.69, 9.17) is 9.31 Å². The van der Waals surface area contributed by atoms with E-state index in [0.717, 1.165) is 17.6 Å². The number of benzene rings is 1. The first-order valence-electron chi connectivity index (χ1n) is 9.02. The van der Waals surface area contributed by atoms with Crippen LogP contribution >= 0.6 is 0 Å². The van der Waals surface area contributed by atoms with Crippen LogP contribution in [-0.4, -0.2) is 23.4 Å². The normalized spacial score (nSPS) is 20.6. The molecule has 1 aromatic rings. The molecule has 28 heavy (non-hydrogen) atoms. The summed E-state index contributed by atoms with van der Waals surface area (Å²) in [4.78, 5) is 0. The fourth-order valence-electron chi connectivity index (χ4n) is 2.68. The van der Waals surface area contributed by atoms with Crippen molar-refractivity contribution in [2.75, 3.05) is 0 Å². The van der Waals surface area contributed by atoms with Crippen LogP contribution in [0.15, 0.2) is 60.1 Å². The average Bonchev–Trinajstić information content (AvgIpc) is 2.81. The molecule has 7 heteroatoms. The summed E-state index contributed by atoms with van der Waals surface area (Å²) in [6, 6.07) is 4.59. The number of hydrogen-bond acceptors (Lipinski definition) is 3. The van der Waals surface area contributed by atoms with Crippen LogP contribution in [-0.2, 0) is 15.5 Å². The van der Waals surface area contributed by atoms with Gasteiger partial charge in [-0.3, -0.25) is 0 Å². The van der Waals surface area contributed by atoms with Crippen molar-refractivity contribution in [3.8, 4) is 0 Å². The van der Waals surface area contributed by atoms with Gasteiger partial charge in [0, 0.05) is 0 Å². The van der Waals surface area contributed by atoms with E-state index in [1.54, 1.807) is 12.2 Å². The predicted octanol–water partition coefficient (Wildman–Crippen LogP) is 5.43. The number of aliphatic hydroxyl groups excluding tert-OH is 1. The summed E-state index contributed by atoms with van der Waals surface area (Å²) in [6.45, 7) is 13.4. The average molecular weight is 394 g/mol. The van der Waals surface area contributed by atoms with Crippen molar-refractivity contribution >= 4 is 7.12 Å². The summed E-state index contributed by atoms with van der Waals surface area (Å²) in [5.74, 6) is 0. The molecule has 1 aromatic carbocycles. The SMILES string of the molecule is C=C(/C=C\C(=C/C)B1OC(C)(C)C(C)(C)O1)C(O)c1cccc(C(F)(F)F)c1. The monoisotopic (exact) mass is 394 g/mol. The maximum absolute atomic E-state index is 12.9. The van der Waals surface area contributed by atoms with Gasteiger partial charge in [-0.15, -0.1) is 0 Å². The van der Waals surface area contributed by atoms with Gasteiger partial charge in [0.2, 0.25) is 0 Å². The summed E-state index contributed by atoms with van der Waals surface area (Å²) in [5, 5.41) is 10.4. The topological polar surface area (TPSA) is 38.7 Å². The minimum atomic E-state index is -4.47. The Morgan fingerprint density at radius 1 is 1.14 bits per heavy atom. The number of rotatable bonds is 5. The lowest BCUT2D eigenvalue weighted by Crippen LogP contribution is -2.41. The van der Waals surface area contributed by atoms with Crippen LogP contribution in [0.1, 0.15) is 51.8 Å². The van der Waals surface area contributed by atoms with E-state index in [2.05, 4.69) is 6.58 Å². The van der Waals surface area contributed by atoms with Gasteiger partial charge in [0.05, 0.1) is 16.8 Å². The van der Waals surface area contributed by atoms with Crippen LogP contribution in [0.25, 0.3) is 0 Å². The van der Waals surface area contributed by atoms with Crippen molar-refractivity contribution in [2.45, 2.75) is 58.1 Å². The van der Waals surface area contributed by atoms with Gasteiger partial charge in [0.15, 0.2) is 0 Å². The van der Waals surface area contributed by atoms with Crippen molar-refractivity contribution in [1.29, 1.82) is 0 Å². The molecule has 0 radical (unpaired) electrons. The van der Waals surface area contributed by atoms with Gasteiger partial charge in [-0.1, -0.05) is 36.9 Å². The molecule has 1 N–H and O–H groups in total. The molecule has 1 heterocycles. The Morgan fingerprint density at radius 3 is 2.21 bits per heavy atom. The van der Waals surface area contributed by atoms with Crippen LogP contribution in [0.3, 0.4) is 0 Å². The Balaban J connectivity index is 2.14. The first kappa shape index (κ1) is 22.5. The molecule has 0 aliphatic carbocycles. The zero-order valence-electron chi connectivity index (χ0n) is 16.8. The molecule has 0 spiro atoms. The number of hydrogen-bond donors (Lipinski definition) is 1. The highest BCUT2D eigenvalue weighted by atomic mass is 19.4. The Bertz CT molecular complexity index is 778. The molecular weight excluding hydrogens is 368 g/mol. The van der Waals surface area contributed by atoms with Gasteiger partial charge in [-0.05, 0) is 63.4 Å². The highest BCUT2D eigenvalue weighted by Crippen LogP contribution is 2.39. The minimum Gasteiger partial charge on any atom is -0.399 e. The van der Waals surface area contributed by atoms with Crippen LogP contribution in [0.5, 0.6) is 0 Å². The number of allylic oxidation sites excluding steroid dienone is 3. The Kier molecular flexibility index (Phi) is 6.33. The molecule has 2 rings (SSSR count). The molecule has 1 unspecified atom stereocenters. The quantitative estimate of drug-likeness (QED) is 0.535. The van der Waals surface area contributed by atoms with Crippen molar-refractivity contribution in [1.82, 2.24) is 0 Å². The van der Waals surface area contributed by atoms with Crippen LogP contribution in [0, 0.1) is 0 Å².